The number of ketones is 2. The van der Waals surface area contributed by atoms with E-state index in [2.05, 4.69) is 12.2 Å². The van der Waals surface area contributed by atoms with Crippen LogP contribution in [0.15, 0.2) is 54.1 Å². The van der Waals surface area contributed by atoms with Crippen LogP contribution in [0.4, 0.5) is 0 Å². The molecule has 1 amide bonds. The second-order valence-corrected chi connectivity index (χ2v) is 13.7. The van der Waals surface area contributed by atoms with Gasteiger partial charge in [-0.3, -0.25) is 24.0 Å². The molecule has 0 heterocycles. The van der Waals surface area contributed by atoms with Gasteiger partial charge in [-0.05, 0) is 61.7 Å². The van der Waals surface area contributed by atoms with Crippen molar-refractivity contribution in [3.05, 3.63) is 59.7 Å². The predicted molar refractivity (Wildman–Crippen MR) is 163 cm³/mol. The number of Topliss-reactive ketones (excluding diaryl/α,β-unsaturated/α-hetero) is 1. The lowest BCUT2D eigenvalue weighted by Crippen LogP contribution is -2.61. The van der Waals surface area contributed by atoms with E-state index >= 15 is 0 Å². The fourth-order valence-electron chi connectivity index (χ4n) is 8.91. The molecule has 0 bridgehead atoms. The van der Waals surface area contributed by atoms with Gasteiger partial charge in [-0.2, -0.15) is 0 Å². The van der Waals surface area contributed by atoms with E-state index in [1.807, 2.05) is 19.1 Å². The van der Waals surface area contributed by atoms with E-state index in [1.54, 1.807) is 36.4 Å². The average molecular weight is 622 g/mol. The smallest absolute Gasteiger partial charge is 0.306 e. The number of aliphatic carboxylic acids is 1. The summed E-state index contributed by atoms with van der Waals surface area (Å²) in [6.07, 6.45) is 6.23. The number of amides is 1. The number of aliphatic hydroxyl groups excluding tert-OH is 1. The molecule has 3 saturated carbocycles. The number of hydrogen-bond acceptors (Lipinski definition) is 8. The number of rotatable bonds is 11. The first-order chi connectivity index (χ1) is 21.3. The van der Waals surface area contributed by atoms with E-state index < -0.39 is 58.7 Å². The third-order valence-corrected chi connectivity index (χ3v) is 11.3. The molecule has 4 aliphatic carbocycles. The zero-order valence-corrected chi connectivity index (χ0v) is 25.9. The Labute approximate surface area is 262 Å². The Morgan fingerprint density at radius 1 is 1.09 bits per heavy atom. The van der Waals surface area contributed by atoms with Crippen molar-refractivity contribution in [2.45, 2.75) is 82.8 Å². The number of carboxylic acids is 1. The zero-order chi connectivity index (χ0) is 32.6. The topological polar surface area (TPSA) is 167 Å². The number of carbonyl (C=O) groups excluding carboxylic acids is 4. The normalized spacial score (nSPS) is 34.0. The van der Waals surface area contributed by atoms with Crippen LogP contribution in [0.5, 0.6) is 0 Å². The molecular formula is C35H43NO9. The molecule has 0 unspecified atom stereocenters. The van der Waals surface area contributed by atoms with E-state index in [0.717, 1.165) is 24.0 Å². The first-order valence-electron chi connectivity index (χ1n) is 15.9. The summed E-state index contributed by atoms with van der Waals surface area (Å²) < 4.78 is 5.22. The molecule has 10 nitrogen and oxygen atoms in total. The summed E-state index contributed by atoms with van der Waals surface area (Å²) >= 11 is 0. The maximum Gasteiger partial charge on any atom is 0.306 e. The van der Waals surface area contributed by atoms with Crippen LogP contribution in [0.1, 0.15) is 76.7 Å². The van der Waals surface area contributed by atoms with Crippen molar-refractivity contribution in [3.8, 4) is 0 Å². The highest BCUT2D eigenvalue weighted by Crippen LogP contribution is 2.67. The second-order valence-electron chi connectivity index (χ2n) is 13.7. The second kappa shape index (κ2) is 12.6. The number of esters is 1. The minimum Gasteiger partial charge on any atom is -0.481 e. The highest BCUT2D eigenvalue weighted by atomic mass is 16.5. The molecule has 8 atom stereocenters. The highest BCUT2D eigenvalue weighted by molar-refractivity contribution is 6.01. The molecule has 10 heteroatoms. The van der Waals surface area contributed by atoms with Gasteiger partial charge in [-0.25, -0.2) is 0 Å². The Hall–Kier alpha value is -3.63. The lowest BCUT2D eigenvalue weighted by molar-refractivity contribution is -0.181. The fraction of sp³-hybridized carbons (Fsp3) is 0.571. The van der Waals surface area contributed by atoms with Gasteiger partial charge in [0.25, 0.3) is 0 Å². The molecule has 4 N–H and O–H groups in total. The number of fused-ring (bicyclic) bond motifs is 5. The van der Waals surface area contributed by atoms with Crippen LogP contribution < -0.4 is 5.32 Å². The van der Waals surface area contributed by atoms with Gasteiger partial charge >= 0.3 is 11.9 Å². The molecule has 4 aliphatic rings. The van der Waals surface area contributed by atoms with Crippen LogP contribution in [0.2, 0.25) is 0 Å². The Kier molecular flexibility index (Phi) is 9.20. The van der Waals surface area contributed by atoms with Crippen LogP contribution in [0.25, 0.3) is 0 Å². The van der Waals surface area contributed by atoms with Crippen molar-refractivity contribution in [3.63, 3.8) is 0 Å². The Balaban J connectivity index is 1.14. The highest BCUT2D eigenvalue weighted by Gasteiger charge is 2.68. The third-order valence-electron chi connectivity index (χ3n) is 11.3. The molecule has 0 spiro atoms. The van der Waals surface area contributed by atoms with Crippen molar-refractivity contribution >= 4 is 29.4 Å². The van der Waals surface area contributed by atoms with E-state index in [9.17, 15) is 39.3 Å². The van der Waals surface area contributed by atoms with Gasteiger partial charge in [0, 0.05) is 35.6 Å². The number of benzene rings is 1. The van der Waals surface area contributed by atoms with Crippen LogP contribution >= 0.6 is 0 Å². The van der Waals surface area contributed by atoms with E-state index in [4.69, 9.17) is 4.74 Å². The molecule has 0 aromatic heterocycles. The van der Waals surface area contributed by atoms with Crippen molar-refractivity contribution in [1.82, 2.24) is 5.32 Å². The quantitative estimate of drug-likeness (QED) is 0.271. The number of carboxylic acid groups (broad SMARTS) is 1. The molecule has 1 aromatic rings. The molecule has 0 radical (unpaired) electrons. The van der Waals surface area contributed by atoms with Crippen LogP contribution in [0.3, 0.4) is 0 Å². The lowest BCUT2D eigenvalue weighted by Gasteiger charge is -2.59. The van der Waals surface area contributed by atoms with E-state index in [1.165, 1.54) is 0 Å². The monoisotopic (exact) mass is 621 g/mol. The summed E-state index contributed by atoms with van der Waals surface area (Å²) in [5.74, 6) is -3.37. The molecule has 1 aromatic carbocycles. The minimum atomic E-state index is -1.77. The zero-order valence-electron chi connectivity index (χ0n) is 25.9. The first kappa shape index (κ1) is 32.8. The SMILES string of the molecule is C[C@]12C=CC(=O)C=C1CC[C@@H]1[C@@H]2[C@H](O)C[C@@]2(C)[C@H]1CC[C@@]2(O)C(=O)COC(=O)CCC(=O)NC[C@@H](CC(=O)O)c1ccccc1. The van der Waals surface area contributed by atoms with Crippen molar-refractivity contribution < 1.29 is 44.0 Å². The maximum absolute atomic E-state index is 13.5. The summed E-state index contributed by atoms with van der Waals surface area (Å²) in [6, 6.07) is 8.99. The summed E-state index contributed by atoms with van der Waals surface area (Å²) in [5.41, 5.74) is -1.33. The summed E-state index contributed by atoms with van der Waals surface area (Å²) in [4.78, 5) is 61.7. The summed E-state index contributed by atoms with van der Waals surface area (Å²) in [7, 11) is 0. The molecule has 242 valence electrons. The van der Waals surface area contributed by atoms with Gasteiger partial charge in [0.1, 0.15) is 5.60 Å². The largest absolute Gasteiger partial charge is 0.481 e. The third kappa shape index (κ3) is 6.14. The predicted octanol–water partition coefficient (Wildman–Crippen LogP) is 3.26. The Bertz CT molecular complexity index is 1420. The number of carbonyl (C=O) groups is 5. The number of allylic oxidation sites excluding steroid dienone is 4. The number of ether oxygens (including phenoxy) is 1. The van der Waals surface area contributed by atoms with Crippen LogP contribution in [0, 0.1) is 28.6 Å². The Morgan fingerprint density at radius 3 is 2.53 bits per heavy atom. The molecule has 45 heavy (non-hydrogen) atoms. The van der Waals surface area contributed by atoms with Crippen molar-refractivity contribution in [2.75, 3.05) is 13.2 Å². The van der Waals surface area contributed by atoms with Crippen molar-refractivity contribution in [2.24, 2.45) is 28.6 Å². The molecule has 0 aliphatic heterocycles. The van der Waals surface area contributed by atoms with Crippen LogP contribution in [-0.4, -0.2) is 69.6 Å². The molecule has 3 fully saturated rings. The molecule has 0 saturated heterocycles. The van der Waals surface area contributed by atoms with Gasteiger partial charge in [-0.1, -0.05) is 55.8 Å². The average Bonchev–Trinajstić information content (AvgIpc) is 3.27. The minimum absolute atomic E-state index is 0.0236. The maximum atomic E-state index is 13.5. The summed E-state index contributed by atoms with van der Waals surface area (Å²) in [6.45, 7) is 3.38. The number of hydrogen-bond donors (Lipinski definition) is 4. The van der Waals surface area contributed by atoms with Gasteiger partial charge < -0.3 is 25.4 Å². The van der Waals surface area contributed by atoms with Gasteiger partial charge in [-0.15, -0.1) is 0 Å². The number of aliphatic hydroxyl groups is 2. The number of nitrogens with one attached hydrogen (secondary N) is 1. The van der Waals surface area contributed by atoms with Crippen molar-refractivity contribution in [1.29, 1.82) is 0 Å². The van der Waals surface area contributed by atoms with Gasteiger partial charge in [0.15, 0.2) is 12.4 Å². The molecule has 5 rings (SSSR count). The van der Waals surface area contributed by atoms with E-state index in [-0.39, 0.29) is 62.2 Å². The first-order valence-corrected chi connectivity index (χ1v) is 15.9. The summed E-state index contributed by atoms with van der Waals surface area (Å²) in [5, 5.41) is 35.3. The van der Waals surface area contributed by atoms with Gasteiger partial charge in [0.2, 0.25) is 11.7 Å². The standard InChI is InChI=1S/C35H43NO9/c1-33-14-12-24(37)17-23(33)8-9-25-26-13-15-35(44,34(26,2)18-27(38)32(25)33)28(39)20-45-31(43)11-10-29(40)36-19-22(16-30(41)42)21-6-4-3-5-7-21/h3-7,12,14,17,22,25-27,32,38,44H,8-11,13,15-16,18-20H2,1-2H3,(H,36,40)(H,41,42)/t22-,25+,26+,27-,32-,33+,34+,35-/m1/s1. The van der Waals surface area contributed by atoms with E-state index in [0.29, 0.717) is 6.42 Å². The Morgan fingerprint density at radius 2 is 1.82 bits per heavy atom. The fourth-order valence-corrected chi connectivity index (χ4v) is 8.91. The molecular weight excluding hydrogens is 578 g/mol. The van der Waals surface area contributed by atoms with Gasteiger partial charge in [0.05, 0.1) is 18.9 Å². The lowest BCUT2D eigenvalue weighted by atomic mass is 9.46. The van der Waals surface area contributed by atoms with Crippen LogP contribution in [-0.2, 0) is 28.7 Å².